The average Bonchev–Trinajstić information content (AvgIpc) is 2.70. The molecule has 0 aliphatic carbocycles. The van der Waals surface area contributed by atoms with Crippen molar-refractivity contribution in [2.24, 2.45) is 0 Å². The second-order valence-electron chi connectivity index (χ2n) is 6.67. The number of nitrogens with one attached hydrogen (secondary N) is 2. The van der Waals surface area contributed by atoms with Crippen LogP contribution in [0.25, 0.3) is 0 Å². The topological polar surface area (TPSA) is 75.3 Å². The Bertz CT molecular complexity index is 1070. The second-order valence-corrected chi connectivity index (χ2v) is 9.30. The first-order chi connectivity index (χ1) is 13.8. The molecule has 2 N–H and O–H groups in total. The Labute approximate surface area is 179 Å². The van der Waals surface area contributed by atoms with Gasteiger partial charge in [0.25, 0.3) is 0 Å². The molecule has 7 heteroatoms. The number of sulfonamides is 1. The van der Waals surface area contributed by atoms with Crippen LogP contribution < -0.4 is 10.0 Å². The van der Waals surface area contributed by atoms with Crippen molar-refractivity contribution in [1.29, 1.82) is 0 Å². The molecule has 1 atom stereocenters. The number of hydrogen-bond donors (Lipinski definition) is 2. The van der Waals surface area contributed by atoms with Gasteiger partial charge in [-0.3, -0.25) is 4.79 Å². The molecule has 3 aromatic rings. The molecule has 0 aliphatic rings. The van der Waals surface area contributed by atoms with E-state index in [4.69, 9.17) is 0 Å². The minimum atomic E-state index is -3.87. The molecule has 0 fully saturated rings. The summed E-state index contributed by atoms with van der Waals surface area (Å²) in [5.74, 6) is -0.418. The fourth-order valence-corrected chi connectivity index (χ4v) is 4.23. The number of rotatable bonds is 7. The van der Waals surface area contributed by atoms with Crippen LogP contribution in [0.2, 0.25) is 0 Å². The van der Waals surface area contributed by atoms with Gasteiger partial charge in [-0.1, -0.05) is 64.0 Å². The van der Waals surface area contributed by atoms with E-state index in [0.717, 1.165) is 15.6 Å². The van der Waals surface area contributed by atoms with E-state index >= 15 is 0 Å². The van der Waals surface area contributed by atoms with Crippen LogP contribution in [0, 0.1) is 6.92 Å². The Morgan fingerprint density at radius 2 is 1.55 bits per heavy atom. The number of carbonyl (C=O) groups excluding carboxylic acids is 1. The summed E-state index contributed by atoms with van der Waals surface area (Å²) in [6.07, 6.45) is 0.230. The Morgan fingerprint density at radius 3 is 2.17 bits per heavy atom. The van der Waals surface area contributed by atoms with Gasteiger partial charge in [-0.15, -0.1) is 0 Å². The van der Waals surface area contributed by atoms with Crippen molar-refractivity contribution in [3.63, 3.8) is 0 Å². The van der Waals surface area contributed by atoms with Gasteiger partial charge in [0.15, 0.2) is 0 Å². The molecule has 3 aromatic carbocycles. The largest absolute Gasteiger partial charge is 0.325 e. The van der Waals surface area contributed by atoms with Crippen LogP contribution in [0.15, 0.2) is 88.2 Å². The average molecular weight is 473 g/mol. The lowest BCUT2D eigenvalue weighted by Gasteiger charge is -2.19. The zero-order valence-electron chi connectivity index (χ0n) is 15.8. The highest BCUT2D eigenvalue weighted by atomic mass is 79.9. The van der Waals surface area contributed by atoms with E-state index in [-0.39, 0.29) is 11.3 Å². The molecule has 0 heterocycles. The molecule has 150 valence electrons. The van der Waals surface area contributed by atoms with Crippen molar-refractivity contribution in [2.45, 2.75) is 24.3 Å². The zero-order chi connectivity index (χ0) is 20.9. The maximum atomic E-state index is 12.9. The van der Waals surface area contributed by atoms with E-state index in [1.165, 1.54) is 12.1 Å². The van der Waals surface area contributed by atoms with E-state index in [1.807, 2.05) is 49.4 Å². The third-order valence-electron chi connectivity index (χ3n) is 4.34. The zero-order valence-corrected chi connectivity index (χ0v) is 18.2. The smallest absolute Gasteiger partial charge is 0.242 e. The van der Waals surface area contributed by atoms with Gasteiger partial charge in [0.2, 0.25) is 15.9 Å². The Morgan fingerprint density at radius 1 is 0.931 bits per heavy atom. The highest BCUT2D eigenvalue weighted by Gasteiger charge is 2.26. The molecule has 0 aromatic heterocycles. The molecule has 5 nitrogen and oxygen atoms in total. The van der Waals surface area contributed by atoms with Crippen molar-refractivity contribution in [3.8, 4) is 0 Å². The summed E-state index contributed by atoms with van der Waals surface area (Å²) in [6.45, 7) is 1.95. The van der Waals surface area contributed by atoms with Crippen LogP contribution in [0.1, 0.15) is 11.1 Å². The predicted molar refractivity (Wildman–Crippen MR) is 118 cm³/mol. The first kappa shape index (κ1) is 21.2. The lowest BCUT2D eigenvalue weighted by atomic mass is 10.1. The third-order valence-corrected chi connectivity index (χ3v) is 6.36. The van der Waals surface area contributed by atoms with Gasteiger partial charge in [-0.05, 0) is 55.3 Å². The first-order valence-electron chi connectivity index (χ1n) is 9.03. The number of amides is 1. The molecule has 0 unspecified atom stereocenters. The van der Waals surface area contributed by atoms with Crippen LogP contribution in [-0.2, 0) is 21.2 Å². The van der Waals surface area contributed by atoms with Gasteiger partial charge in [0, 0.05) is 10.2 Å². The standard InChI is InChI=1S/C22H21BrN2O3S/c1-16-7-11-19(12-8-16)24-22(26)21(15-17-5-3-2-4-6-17)25-29(27,28)20-13-9-18(23)10-14-20/h2-14,21,25H,15H2,1H3,(H,24,26)/t21-/m0/s1. The fourth-order valence-electron chi connectivity index (χ4n) is 2.77. The van der Waals surface area contributed by atoms with Crippen molar-refractivity contribution in [3.05, 3.63) is 94.5 Å². The van der Waals surface area contributed by atoms with E-state index < -0.39 is 22.0 Å². The SMILES string of the molecule is Cc1ccc(NC(=O)[C@H](Cc2ccccc2)NS(=O)(=O)c2ccc(Br)cc2)cc1. The van der Waals surface area contributed by atoms with Gasteiger partial charge < -0.3 is 5.32 Å². The molecule has 0 saturated carbocycles. The maximum Gasteiger partial charge on any atom is 0.242 e. The summed E-state index contributed by atoms with van der Waals surface area (Å²) < 4.78 is 29.0. The van der Waals surface area contributed by atoms with Crippen molar-refractivity contribution >= 4 is 37.5 Å². The van der Waals surface area contributed by atoms with E-state index in [9.17, 15) is 13.2 Å². The van der Waals surface area contributed by atoms with Gasteiger partial charge in [0.1, 0.15) is 6.04 Å². The molecular formula is C22H21BrN2O3S. The molecule has 0 bridgehead atoms. The summed E-state index contributed by atoms with van der Waals surface area (Å²) in [7, 11) is -3.87. The monoisotopic (exact) mass is 472 g/mol. The predicted octanol–water partition coefficient (Wildman–Crippen LogP) is 4.29. The number of hydrogen-bond acceptors (Lipinski definition) is 3. The minimum Gasteiger partial charge on any atom is -0.325 e. The number of halogens is 1. The van der Waals surface area contributed by atoms with E-state index in [2.05, 4.69) is 26.0 Å². The maximum absolute atomic E-state index is 12.9. The van der Waals surface area contributed by atoms with Gasteiger partial charge in [-0.25, -0.2) is 8.42 Å². The van der Waals surface area contributed by atoms with Crippen LogP contribution in [0.3, 0.4) is 0 Å². The molecule has 1 amide bonds. The molecular weight excluding hydrogens is 452 g/mol. The van der Waals surface area contributed by atoms with Gasteiger partial charge in [0.05, 0.1) is 4.90 Å². The number of carbonyl (C=O) groups is 1. The summed E-state index contributed by atoms with van der Waals surface area (Å²) in [5, 5.41) is 2.80. The Balaban J connectivity index is 1.84. The highest BCUT2D eigenvalue weighted by Crippen LogP contribution is 2.17. The van der Waals surface area contributed by atoms with Gasteiger partial charge >= 0.3 is 0 Å². The molecule has 0 aliphatic heterocycles. The van der Waals surface area contributed by atoms with Crippen molar-refractivity contribution in [1.82, 2.24) is 4.72 Å². The number of anilines is 1. The summed E-state index contributed by atoms with van der Waals surface area (Å²) in [4.78, 5) is 13.0. The van der Waals surface area contributed by atoms with Crippen LogP contribution in [0.5, 0.6) is 0 Å². The van der Waals surface area contributed by atoms with Crippen molar-refractivity contribution < 1.29 is 13.2 Å². The lowest BCUT2D eigenvalue weighted by Crippen LogP contribution is -2.45. The summed E-state index contributed by atoms with van der Waals surface area (Å²) in [6, 6.07) is 22.0. The van der Waals surface area contributed by atoms with E-state index in [0.29, 0.717) is 5.69 Å². The van der Waals surface area contributed by atoms with Gasteiger partial charge in [-0.2, -0.15) is 4.72 Å². The molecule has 3 rings (SSSR count). The first-order valence-corrected chi connectivity index (χ1v) is 11.3. The summed E-state index contributed by atoms with van der Waals surface area (Å²) in [5.41, 5.74) is 2.54. The Kier molecular flexibility index (Phi) is 6.84. The fraction of sp³-hybridized carbons (Fsp3) is 0.136. The third kappa shape index (κ3) is 6.00. The number of aryl methyl sites for hydroxylation is 1. The highest BCUT2D eigenvalue weighted by molar-refractivity contribution is 9.10. The van der Waals surface area contributed by atoms with Crippen molar-refractivity contribution in [2.75, 3.05) is 5.32 Å². The molecule has 29 heavy (non-hydrogen) atoms. The normalized spacial score (nSPS) is 12.3. The molecule has 0 spiro atoms. The van der Waals surface area contributed by atoms with Crippen LogP contribution >= 0.6 is 15.9 Å². The van der Waals surface area contributed by atoms with Crippen LogP contribution in [0.4, 0.5) is 5.69 Å². The van der Waals surface area contributed by atoms with E-state index in [1.54, 1.807) is 24.3 Å². The Hall–Kier alpha value is -2.48. The molecule has 0 saturated heterocycles. The minimum absolute atomic E-state index is 0.0990. The molecule has 0 radical (unpaired) electrons. The summed E-state index contributed by atoms with van der Waals surface area (Å²) >= 11 is 3.29. The van der Waals surface area contributed by atoms with Crippen LogP contribution in [-0.4, -0.2) is 20.4 Å². The lowest BCUT2D eigenvalue weighted by molar-refractivity contribution is -0.117. The second kappa shape index (κ2) is 9.35. The quantitative estimate of drug-likeness (QED) is 0.538. The number of benzene rings is 3.